The Bertz CT molecular complexity index is 543. The van der Waals surface area contributed by atoms with Crippen LogP contribution in [0.15, 0.2) is 12.1 Å². The first-order chi connectivity index (χ1) is 10.3. The zero-order valence-corrected chi connectivity index (χ0v) is 13.8. The van der Waals surface area contributed by atoms with Crippen LogP contribution in [0.25, 0.3) is 0 Å². The van der Waals surface area contributed by atoms with Gasteiger partial charge in [-0.1, -0.05) is 11.6 Å². The van der Waals surface area contributed by atoms with Crippen molar-refractivity contribution in [3.8, 4) is 11.5 Å². The van der Waals surface area contributed by atoms with Crippen molar-refractivity contribution >= 4 is 23.4 Å². The van der Waals surface area contributed by atoms with Crippen LogP contribution in [0.3, 0.4) is 0 Å². The standard InChI is InChI=1S/C15H21ClN2O4/c1-15(2,3)22-14(19)18-6-4-5-17-11-8-13-12(7-10(11)16)20-9-21-13/h7-8,17H,4-6,9H2,1-3H3,(H,18,19). The lowest BCUT2D eigenvalue weighted by atomic mass is 10.2. The van der Waals surface area contributed by atoms with Gasteiger partial charge < -0.3 is 24.8 Å². The van der Waals surface area contributed by atoms with Crippen molar-refractivity contribution in [3.05, 3.63) is 17.2 Å². The number of halogens is 1. The Morgan fingerprint density at radius 1 is 1.27 bits per heavy atom. The summed E-state index contributed by atoms with van der Waals surface area (Å²) in [6, 6.07) is 3.54. The SMILES string of the molecule is CC(C)(C)OC(=O)NCCCNc1cc2c(cc1Cl)OCO2. The van der Waals surface area contributed by atoms with Crippen molar-refractivity contribution < 1.29 is 19.0 Å². The van der Waals surface area contributed by atoms with Crippen molar-refractivity contribution in [1.29, 1.82) is 0 Å². The maximum absolute atomic E-state index is 11.5. The van der Waals surface area contributed by atoms with E-state index in [4.69, 9.17) is 25.8 Å². The van der Waals surface area contributed by atoms with Crippen LogP contribution in [-0.4, -0.2) is 31.6 Å². The Morgan fingerprint density at radius 3 is 2.64 bits per heavy atom. The van der Waals surface area contributed by atoms with E-state index < -0.39 is 11.7 Å². The molecule has 1 aliphatic rings. The first-order valence-electron chi connectivity index (χ1n) is 7.15. The molecule has 2 rings (SSSR count). The van der Waals surface area contributed by atoms with Gasteiger partial charge in [0, 0.05) is 25.2 Å². The molecule has 0 radical (unpaired) electrons. The highest BCUT2D eigenvalue weighted by atomic mass is 35.5. The minimum absolute atomic E-state index is 0.217. The smallest absolute Gasteiger partial charge is 0.407 e. The van der Waals surface area contributed by atoms with E-state index in [1.165, 1.54) is 0 Å². The van der Waals surface area contributed by atoms with E-state index in [-0.39, 0.29) is 6.79 Å². The second-order valence-corrected chi connectivity index (χ2v) is 6.30. The van der Waals surface area contributed by atoms with E-state index in [1.54, 1.807) is 6.07 Å². The van der Waals surface area contributed by atoms with Crippen LogP contribution < -0.4 is 20.1 Å². The van der Waals surface area contributed by atoms with Crippen molar-refractivity contribution in [3.63, 3.8) is 0 Å². The van der Waals surface area contributed by atoms with Gasteiger partial charge in [-0.05, 0) is 27.2 Å². The summed E-state index contributed by atoms with van der Waals surface area (Å²) in [5.41, 5.74) is 0.297. The van der Waals surface area contributed by atoms with Crippen LogP contribution in [-0.2, 0) is 4.74 Å². The highest BCUT2D eigenvalue weighted by Crippen LogP contribution is 2.39. The van der Waals surface area contributed by atoms with Crippen LogP contribution in [0.2, 0.25) is 5.02 Å². The average Bonchev–Trinajstić information content (AvgIpc) is 2.83. The van der Waals surface area contributed by atoms with Gasteiger partial charge in [-0.2, -0.15) is 0 Å². The molecule has 0 aliphatic carbocycles. The number of rotatable bonds is 5. The highest BCUT2D eigenvalue weighted by Gasteiger charge is 2.17. The Labute approximate surface area is 135 Å². The molecule has 1 aromatic rings. The van der Waals surface area contributed by atoms with E-state index in [9.17, 15) is 4.79 Å². The third-order valence-corrected chi connectivity index (χ3v) is 3.11. The fourth-order valence-electron chi connectivity index (χ4n) is 1.87. The maximum Gasteiger partial charge on any atom is 0.407 e. The molecule has 1 aliphatic heterocycles. The van der Waals surface area contributed by atoms with Crippen LogP contribution in [0.5, 0.6) is 11.5 Å². The Kier molecular flexibility index (Phi) is 5.24. The topological polar surface area (TPSA) is 68.8 Å². The summed E-state index contributed by atoms with van der Waals surface area (Å²) >= 11 is 6.16. The summed E-state index contributed by atoms with van der Waals surface area (Å²) in [6.07, 6.45) is 0.331. The fraction of sp³-hybridized carbons (Fsp3) is 0.533. The van der Waals surface area contributed by atoms with Gasteiger partial charge >= 0.3 is 6.09 Å². The quantitative estimate of drug-likeness (QED) is 0.811. The van der Waals surface area contributed by atoms with Crippen molar-refractivity contribution in [1.82, 2.24) is 5.32 Å². The molecular weight excluding hydrogens is 308 g/mol. The predicted molar refractivity (Wildman–Crippen MR) is 84.9 cm³/mol. The van der Waals surface area contributed by atoms with Gasteiger partial charge in [-0.15, -0.1) is 0 Å². The van der Waals surface area contributed by atoms with E-state index in [2.05, 4.69) is 10.6 Å². The number of hydrogen-bond donors (Lipinski definition) is 2. The number of nitrogens with one attached hydrogen (secondary N) is 2. The zero-order chi connectivity index (χ0) is 16.2. The third kappa shape index (κ3) is 4.87. The molecule has 7 heteroatoms. The lowest BCUT2D eigenvalue weighted by Crippen LogP contribution is -2.33. The van der Waals surface area contributed by atoms with Crippen LogP contribution >= 0.6 is 11.6 Å². The summed E-state index contributed by atoms with van der Waals surface area (Å²) in [5, 5.41) is 6.48. The number of alkyl carbamates (subject to hydrolysis) is 1. The molecule has 1 aromatic carbocycles. The molecule has 0 saturated heterocycles. The molecule has 2 N–H and O–H groups in total. The molecule has 122 valence electrons. The molecular formula is C15H21ClN2O4. The number of ether oxygens (including phenoxy) is 3. The molecule has 0 saturated carbocycles. The predicted octanol–water partition coefficient (Wildman–Crippen LogP) is 3.40. The largest absolute Gasteiger partial charge is 0.454 e. The van der Waals surface area contributed by atoms with E-state index in [0.29, 0.717) is 29.6 Å². The highest BCUT2D eigenvalue weighted by molar-refractivity contribution is 6.33. The summed E-state index contributed by atoms with van der Waals surface area (Å²) in [5.74, 6) is 1.33. The molecule has 0 spiro atoms. The van der Waals surface area contributed by atoms with Gasteiger partial charge in [0.15, 0.2) is 11.5 Å². The summed E-state index contributed by atoms with van der Waals surface area (Å²) in [6.45, 7) is 6.88. The average molecular weight is 329 g/mol. The molecule has 0 aromatic heterocycles. The summed E-state index contributed by atoms with van der Waals surface area (Å²) in [4.78, 5) is 11.5. The molecule has 6 nitrogen and oxygen atoms in total. The normalized spacial score (nSPS) is 12.9. The molecule has 0 fully saturated rings. The molecule has 1 heterocycles. The van der Waals surface area contributed by atoms with E-state index in [1.807, 2.05) is 26.8 Å². The minimum atomic E-state index is -0.484. The van der Waals surface area contributed by atoms with Crippen LogP contribution in [0.1, 0.15) is 27.2 Å². The summed E-state index contributed by atoms with van der Waals surface area (Å²) < 4.78 is 15.7. The molecule has 0 unspecified atom stereocenters. The maximum atomic E-state index is 11.5. The van der Waals surface area contributed by atoms with E-state index in [0.717, 1.165) is 12.1 Å². The number of fused-ring (bicyclic) bond motifs is 1. The van der Waals surface area contributed by atoms with Crippen molar-refractivity contribution in [2.45, 2.75) is 32.8 Å². The van der Waals surface area contributed by atoms with E-state index >= 15 is 0 Å². The Hall–Kier alpha value is -1.82. The van der Waals surface area contributed by atoms with Crippen molar-refractivity contribution in [2.75, 3.05) is 25.2 Å². The number of anilines is 1. The lowest BCUT2D eigenvalue weighted by molar-refractivity contribution is 0.0528. The van der Waals surface area contributed by atoms with Gasteiger partial charge in [0.1, 0.15) is 5.60 Å². The third-order valence-electron chi connectivity index (χ3n) is 2.80. The number of hydrogen-bond acceptors (Lipinski definition) is 5. The molecule has 0 bridgehead atoms. The number of carbonyl (C=O) groups excluding carboxylic acids is 1. The second kappa shape index (κ2) is 6.96. The monoisotopic (exact) mass is 328 g/mol. The van der Waals surface area contributed by atoms with Crippen LogP contribution in [0, 0.1) is 0 Å². The Balaban J connectivity index is 1.70. The van der Waals surface area contributed by atoms with Gasteiger partial charge in [-0.3, -0.25) is 0 Å². The lowest BCUT2D eigenvalue weighted by Gasteiger charge is -2.19. The molecule has 22 heavy (non-hydrogen) atoms. The first kappa shape index (κ1) is 16.5. The number of carbonyl (C=O) groups is 1. The van der Waals surface area contributed by atoms with Gasteiger partial charge in [0.25, 0.3) is 0 Å². The molecule has 0 atom stereocenters. The number of amides is 1. The minimum Gasteiger partial charge on any atom is -0.454 e. The van der Waals surface area contributed by atoms with Gasteiger partial charge in [-0.25, -0.2) is 4.79 Å². The number of benzene rings is 1. The summed E-state index contributed by atoms with van der Waals surface area (Å²) in [7, 11) is 0. The van der Waals surface area contributed by atoms with Crippen LogP contribution in [0.4, 0.5) is 10.5 Å². The second-order valence-electron chi connectivity index (χ2n) is 5.89. The van der Waals surface area contributed by atoms with Gasteiger partial charge in [0.2, 0.25) is 6.79 Å². The molecule has 1 amide bonds. The van der Waals surface area contributed by atoms with Gasteiger partial charge in [0.05, 0.1) is 10.7 Å². The van der Waals surface area contributed by atoms with Crippen molar-refractivity contribution in [2.24, 2.45) is 0 Å². The fourth-order valence-corrected chi connectivity index (χ4v) is 2.09. The first-order valence-corrected chi connectivity index (χ1v) is 7.53. The Morgan fingerprint density at radius 2 is 1.95 bits per heavy atom. The zero-order valence-electron chi connectivity index (χ0n) is 13.0.